The van der Waals surface area contributed by atoms with Gasteiger partial charge in [-0.15, -0.1) is 0 Å². The molecule has 3 aromatic rings. The van der Waals surface area contributed by atoms with Crippen LogP contribution < -0.4 is 15.7 Å². The lowest BCUT2D eigenvalue weighted by Crippen LogP contribution is -2.42. The minimum absolute atomic E-state index is 0.0597. The van der Waals surface area contributed by atoms with Gasteiger partial charge < -0.3 is 20.0 Å². The Morgan fingerprint density at radius 1 is 1.14 bits per heavy atom. The van der Waals surface area contributed by atoms with Crippen LogP contribution >= 0.6 is 0 Å². The van der Waals surface area contributed by atoms with Crippen molar-refractivity contribution in [2.24, 2.45) is 0 Å². The number of hydrogen-bond acceptors (Lipinski definition) is 4. The van der Waals surface area contributed by atoms with Crippen LogP contribution in [0.3, 0.4) is 0 Å². The van der Waals surface area contributed by atoms with Gasteiger partial charge in [-0.05, 0) is 49.6 Å². The van der Waals surface area contributed by atoms with E-state index < -0.39 is 0 Å². The maximum Gasteiger partial charge on any atom is 0.323 e. The number of aromatic amines is 2. The number of para-hydroxylation sites is 1. The van der Waals surface area contributed by atoms with Gasteiger partial charge in [0.1, 0.15) is 11.9 Å². The van der Waals surface area contributed by atoms with Gasteiger partial charge in [0.2, 0.25) is 5.91 Å². The molecule has 0 spiro atoms. The molecule has 0 unspecified atom stereocenters. The molecule has 2 aromatic carbocycles. The van der Waals surface area contributed by atoms with Crippen LogP contribution in [0.25, 0.3) is 11.0 Å². The van der Waals surface area contributed by atoms with Crippen molar-refractivity contribution in [2.45, 2.75) is 25.9 Å². The number of anilines is 1. The Morgan fingerprint density at radius 3 is 2.68 bits per heavy atom. The van der Waals surface area contributed by atoms with Crippen LogP contribution in [0.1, 0.15) is 18.4 Å². The van der Waals surface area contributed by atoms with Crippen molar-refractivity contribution in [3.05, 3.63) is 58.5 Å². The Bertz CT molecular complexity index is 1030. The molecule has 2 heterocycles. The highest BCUT2D eigenvalue weighted by Gasteiger charge is 2.22. The van der Waals surface area contributed by atoms with Crippen LogP contribution in [0.15, 0.2) is 47.3 Å². The van der Waals surface area contributed by atoms with E-state index in [2.05, 4.69) is 33.2 Å². The van der Waals surface area contributed by atoms with Crippen molar-refractivity contribution in [1.82, 2.24) is 14.9 Å². The zero-order valence-electron chi connectivity index (χ0n) is 15.8. The molecule has 28 heavy (non-hydrogen) atoms. The molecule has 7 heteroatoms. The molecule has 1 aliphatic rings. The van der Waals surface area contributed by atoms with E-state index in [1.165, 1.54) is 0 Å². The third-order valence-electron chi connectivity index (χ3n) is 5.09. The Hall–Kier alpha value is -3.06. The minimum atomic E-state index is -0.255. The molecule has 1 amide bonds. The zero-order chi connectivity index (χ0) is 19.5. The number of aryl methyl sites for hydroxylation is 1. The second kappa shape index (κ2) is 7.90. The number of rotatable bonds is 5. The Balaban J connectivity index is 1.27. The number of amides is 1. The normalized spacial score (nSPS) is 15.6. The van der Waals surface area contributed by atoms with E-state index in [1.54, 1.807) is 18.2 Å². The van der Waals surface area contributed by atoms with Crippen LogP contribution in [0, 0.1) is 6.92 Å². The molecular formula is C21H24N4O3. The van der Waals surface area contributed by atoms with Gasteiger partial charge in [-0.3, -0.25) is 9.69 Å². The fourth-order valence-electron chi connectivity index (χ4n) is 3.57. The molecule has 0 saturated carbocycles. The maximum atomic E-state index is 12.4. The van der Waals surface area contributed by atoms with Crippen molar-refractivity contribution in [3.63, 3.8) is 0 Å². The Labute approximate surface area is 162 Å². The summed E-state index contributed by atoms with van der Waals surface area (Å²) in [5.74, 6) is 0.882. The number of ether oxygens (including phenoxy) is 1. The average Bonchev–Trinajstić information content (AvgIpc) is 3.04. The Kier molecular flexibility index (Phi) is 5.16. The van der Waals surface area contributed by atoms with Crippen molar-refractivity contribution < 1.29 is 9.53 Å². The Morgan fingerprint density at radius 2 is 1.89 bits per heavy atom. The molecule has 4 rings (SSSR count). The third kappa shape index (κ3) is 4.26. The first-order chi connectivity index (χ1) is 13.6. The number of nitrogens with zero attached hydrogens (tertiary/aromatic N) is 1. The van der Waals surface area contributed by atoms with Crippen molar-refractivity contribution in [3.8, 4) is 5.75 Å². The van der Waals surface area contributed by atoms with E-state index in [9.17, 15) is 9.59 Å². The number of carbonyl (C=O) groups is 1. The summed E-state index contributed by atoms with van der Waals surface area (Å²) < 4.78 is 6.12. The predicted molar refractivity (Wildman–Crippen MR) is 109 cm³/mol. The summed E-state index contributed by atoms with van der Waals surface area (Å²) in [5.41, 5.74) is 2.96. The quantitative estimate of drug-likeness (QED) is 0.635. The molecule has 1 fully saturated rings. The summed E-state index contributed by atoms with van der Waals surface area (Å²) >= 11 is 0. The van der Waals surface area contributed by atoms with Gasteiger partial charge in [0.05, 0.1) is 17.6 Å². The summed E-state index contributed by atoms with van der Waals surface area (Å²) in [5, 5.41) is 2.90. The van der Waals surface area contributed by atoms with E-state index in [0.717, 1.165) is 42.8 Å². The maximum absolute atomic E-state index is 12.4. The fourth-order valence-corrected chi connectivity index (χ4v) is 3.57. The largest absolute Gasteiger partial charge is 0.490 e. The van der Waals surface area contributed by atoms with Crippen LogP contribution in [0.5, 0.6) is 5.75 Å². The molecule has 146 valence electrons. The summed E-state index contributed by atoms with van der Waals surface area (Å²) in [4.78, 5) is 31.2. The number of benzene rings is 2. The number of imidazole rings is 1. The van der Waals surface area contributed by atoms with Gasteiger partial charge in [-0.25, -0.2) is 4.79 Å². The number of hydrogen-bond donors (Lipinski definition) is 3. The summed E-state index contributed by atoms with van der Waals surface area (Å²) in [6.07, 6.45) is 1.99. The second-order valence-electron chi connectivity index (χ2n) is 7.25. The van der Waals surface area contributed by atoms with E-state index in [0.29, 0.717) is 17.7 Å². The number of fused-ring (bicyclic) bond motifs is 1. The van der Waals surface area contributed by atoms with Crippen LogP contribution in [0.2, 0.25) is 0 Å². The lowest BCUT2D eigenvalue weighted by molar-refractivity contribution is -0.117. The summed E-state index contributed by atoms with van der Waals surface area (Å²) in [7, 11) is 0. The molecule has 3 N–H and O–H groups in total. The van der Waals surface area contributed by atoms with E-state index >= 15 is 0 Å². The third-order valence-corrected chi connectivity index (χ3v) is 5.09. The number of carbonyl (C=O) groups excluding carboxylic acids is 1. The van der Waals surface area contributed by atoms with E-state index in [-0.39, 0.29) is 17.7 Å². The van der Waals surface area contributed by atoms with Gasteiger partial charge in [-0.1, -0.05) is 18.2 Å². The molecule has 0 radical (unpaired) electrons. The van der Waals surface area contributed by atoms with E-state index in [4.69, 9.17) is 4.74 Å². The first-order valence-corrected chi connectivity index (χ1v) is 9.53. The minimum Gasteiger partial charge on any atom is -0.490 e. The van der Waals surface area contributed by atoms with Gasteiger partial charge >= 0.3 is 5.69 Å². The van der Waals surface area contributed by atoms with Gasteiger partial charge in [0.25, 0.3) is 0 Å². The molecule has 1 aliphatic heterocycles. The monoisotopic (exact) mass is 380 g/mol. The number of nitrogens with one attached hydrogen (secondary N) is 3. The number of piperidine rings is 1. The van der Waals surface area contributed by atoms with Crippen LogP contribution in [0.4, 0.5) is 5.69 Å². The van der Waals surface area contributed by atoms with Crippen LogP contribution in [-0.2, 0) is 4.79 Å². The van der Waals surface area contributed by atoms with Gasteiger partial charge in [-0.2, -0.15) is 0 Å². The molecular weight excluding hydrogens is 356 g/mol. The summed E-state index contributed by atoms with van der Waals surface area (Å²) in [6, 6.07) is 13.4. The smallest absolute Gasteiger partial charge is 0.323 e. The van der Waals surface area contributed by atoms with Crippen LogP contribution in [-0.4, -0.2) is 46.5 Å². The first kappa shape index (κ1) is 18.3. The average molecular weight is 380 g/mol. The van der Waals surface area contributed by atoms with Gasteiger partial charge in [0, 0.05) is 18.8 Å². The summed E-state index contributed by atoms with van der Waals surface area (Å²) in [6.45, 7) is 4.05. The second-order valence-corrected chi connectivity index (χ2v) is 7.25. The lowest BCUT2D eigenvalue weighted by atomic mass is 10.1. The number of aromatic nitrogens is 2. The molecule has 0 bridgehead atoms. The highest BCUT2D eigenvalue weighted by Crippen LogP contribution is 2.22. The first-order valence-electron chi connectivity index (χ1n) is 9.53. The molecule has 1 aromatic heterocycles. The van der Waals surface area contributed by atoms with Gasteiger partial charge in [0.15, 0.2) is 0 Å². The topological polar surface area (TPSA) is 90.2 Å². The molecule has 0 aliphatic carbocycles. The fraction of sp³-hybridized carbons (Fsp3) is 0.333. The lowest BCUT2D eigenvalue weighted by Gasteiger charge is -2.32. The SMILES string of the molecule is Cc1ccccc1OC1CCN(CC(=O)Nc2ccc3[nH]c(=O)[nH]c3c2)CC1. The highest BCUT2D eigenvalue weighted by molar-refractivity contribution is 5.94. The molecule has 0 atom stereocenters. The molecule has 7 nitrogen and oxygen atoms in total. The number of likely N-dealkylation sites (tertiary alicyclic amines) is 1. The van der Waals surface area contributed by atoms with Crippen molar-refractivity contribution in [2.75, 3.05) is 25.0 Å². The predicted octanol–water partition coefficient (Wildman–Crippen LogP) is 2.65. The molecule has 1 saturated heterocycles. The number of H-pyrrole nitrogens is 2. The zero-order valence-corrected chi connectivity index (χ0v) is 15.8. The van der Waals surface area contributed by atoms with Crippen molar-refractivity contribution >= 4 is 22.6 Å². The van der Waals surface area contributed by atoms with Crippen molar-refractivity contribution in [1.29, 1.82) is 0 Å². The standard InChI is InChI=1S/C21H24N4O3/c1-14-4-2-3-5-19(14)28-16-8-10-25(11-9-16)13-20(26)22-15-6-7-17-18(12-15)24-21(27)23-17/h2-7,12,16H,8-11,13H2,1H3,(H,22,26)(H2,23,24,27). The highest BCUT2D eigenvalue weighted by atomic mass is 16.5. The van der Waals surface area contributed by atoms with E-state index in [1.807, 2.05) is 18.2 Å².